The summed E-state index contributed by atoms with van der Waals surface area (Å²) >= 11 is 5.61. The lowest BCUT2D eigenvalue weighted by atomic mass is 9.94. The second-order valence-corrected chi connectivity index (χ2v) is 5.89. The van der Waals surface area contributed by atoms with Gasteiger partial charge in [0.15, 0.2) is 0 Å². The van der Waals surface area contributed by atoms with Gasteiger partial charge in [0.2, 0.25) is 0 Å². The predicted octanol–water partition coefficient (Wildman–Crippen LogP) is 2.02. The third kappa shape index (κ3) is 2.59. The van der Waals surface area contributed by atoms with Gasteiger partial charge in [0.25, 0.3) is 5.91 Å². The third-order valence-corrected chi connectivity index (χ3v) is 4.28. The minimum Gasteiger partial charge on any atom is -0.390 e. The largest absolute Gasteiger partial charge is 0.390 e. The van der Waals surface area contributed by atoms with Crippen molar-refractivity contribution < 1.29 is 9.90 Å². The molecule has 1 amide bonds. The van der Waals surface area contributed by atoms with E-state index in [-0.39, 0.29) is 5.91 Å². The molecule has 0 radical (unpaired) electrons. The smallest absolute Gasteiger partial charge is 0.263 e. The van der Waals surface area contributed by atoms with Crippen LogP contribution in [0.15, 0.2) is 16.3 Å². The van der Waals surface area contributed by atoms with Gasteiger partial charge in [-0.1, -0.05) is 0 Å². The summed E-state index contributed by atoms with van der Waals surface area (Å²) in [7, 11) is 0. The van der Waals surface area contributed by atoms with Crippen molar-refractivity contribution in [1.29, 1.82) is 0 Å². The molecule has 0 unspecified atom stereocenters. The Labute approximate surface area is 104 Å². The molecule has 1 aliphatic heterocycles. The van der Waals surface area contributed by atoms with Crippen molar-refractivity contribution in [2.75, 3.05) is 13.1 Å². The fourth-order valence-corrected chi connectivity index (χ4v) is 2.90. The third-order valence-electron chi connectivity index (χ3n) is 2.92. The van der Waals surface area contributed by atoms with Gasteiger partial charge in [-0.2, -0.15) is 0 Å². The maximum Gasteiger partial charge on any atom is 0.263 e. The molecule has 1 N–H and O–H groups in total. The number of piperidine rings is 1. The highest BCUT2D eigenvalue weighted by molar-refractivity contribution is 7.80. The quantitative estimate of drug-likeness (QED) is 0.756. The highest BCUT2D eigenvalue weighted by Gasteiger charge is 2.30. The molecule has 0 bridgehead atoms. The number of nitrogens with zero attached hydrogens (tertiary/aromatic N) is 1. The first kappa shape index (κ1) is 12.0. The molecule has 88 valence electrons. The zero-order valence-electron chi connectivity index (χ0n) is 9.14. The molecule has 0 saturated carbocycles. The Morgan fingerprint density at radius 1 is 1.56 bits per heavy atom. The number of hydrogen-bond acceptors (Lipinski definition) is 4. The van der Waals surface area contributed by atoms with Crippen molar-refractivity contribution in [2.24, 2.45) is 0 Å². The van der Waals surface area contributed by atoms with E-state index in [0.717, 1.165) is 9.77 Å². The van der Waals surface area contributed by atoms with Crippen molar-refractivity contribution in [2.45, 2.75) is 30.3 Å². The summed E-state index contributed by atoms with van der Waals surface area (Å²) in [6.07, 6.45) is 1.30. The lowest BCUT2D eigenvalue weighted by molar-refractivity contribution is -0.00188. The molecule has 1 aromatic heterocycles. The average molecular weight is 257 g/mol. The summed E-state index contributed by atoms with van der Waals surface area (Å²) < 4.78 is 0. The molecule has 3 nitrogen and oxygen atoms in total. The number of carbonyl (C=O) groups is 1. The number of amides is 1. The number of likely N-dealkylation sites (tertiary alicyclic amines) is 1. The molecule has 1 saturated heterocycles. The van der Waals surface area contributed by atoms with Gasteiger partial charge in [-0.05, 0) is 25.8 Å². The summed E-state index contributed by atoms with van der Waals surface area (Å²) in [4.78, 5) is 15.4. The van der Waals surface area contributed by atoms with Crippen molar-refractivity contribution in [1.82, 2.24) is 4.90 Å². The lowest BCUT2D eigenvalue weighted by Gasteiger charge is -2.35. The summed E-state index contributed by atoms with van der Waals surface area (Å²) in [6.45, 7) is 3.09. The SMILES string of the molecule is CC1(O)CCN(C(=O)c2cc(S)cs2)CC1. The first-order valence-corrected chi connectivity index (χ1v) is 6.60. The molecule has 0 atom stereocenters. The summed E-state index contributed by atoms with van der Waals surface area (Å²) in [6, 6.07) is 1.79. The molecular formula is C11H15NO2S2. The maximum absolute atomic E-state index is 12.0. The number of aliphatic hydroxyl groups is 1. The van der Waals surface area contributed by atoms with E-state index >= 15 is 0 Å². The first-order chi connectivity index (χ1) is 7.48. The van der Waals surface area contributed by atoms with Crippen molar-refractivity contribution >= 4 is 29.9 Å². The average Bonchev–Trinajstić information content (AvgIpc) is 2.64. The number of thiophene rings is 1. The van der Waals surface area contributed by atoms with E-state index in [1.165, 1.54) is 11.3 Å². The van der Waals surface area contributed by atoms with Crippen LogP contribution in [0.5, 0.6) is 0 Å². The van der Waals surface area contributed by atoms with Crippen molar-refractivity contribution in [3.63, 3.8) is 0 Å². The van der Waals surface area contributed by atoms with Gasteiger partial charge >= 0.3 is 0 Å². The normalized spacial score (nSPS) is 19.8. The highest BCUT2D eigenvalue weighted by Crippen LogP contribution is 2.25. The molecule has 2 rings (SSSR count). The fourth-order valence-electron chi connectivity index (χ4n) is 1.79. The second kappa shape index (κ2) is 4.39. The first-order valence-electron chi connectivity index (χ1n) is 5.27. The Kier molecular flexibility index (Phi) is 3.28. The molecular weight excluding hydrogens is 242 g/mol. The molecule has 1 aromatic rings. The van der Waals surface area contributed by atoms with Crippen LogP contribution in [-0.4, -0.2) is 34.6 Å². The van der Waals surface area contributed by atoms with E-state index in [0.29, 0.717) is 25.9 Å². The number of carbonyl (C=O) groups excluding carboxylic acids is 1. The Balaban J connectivity index is 2.02. The minimum absolute atomic E-state index is 0.0563. The van der Waals surface area contributed by atoms with E-state index in [4.69, 9.17) is 0 Å². The zero-order chi connectivity index (χ0) is 11.8. The van der Waals surface area contributed by atoms with E-state index in [9.17, 15) is 9.90 Å². The molecule has 0 aliphatic carbocycles. The Morgan fingerprint density at radius 2 is 2.19 bits per heavy atom. The molecule has 1 aliphatic rings. The lowest BCUT2D eigenvalue weighted by Crippen LogP contribution is -2.44. The second-order valence-electron chi connectivity index (χ2n) is 4.46. The van der Waals surface area contributed by atoms with Crippen molar-refractivity contribution in [3.8, 4) is 0 Å². The Hall–Kier alpha value is -0.520. The Bertz CT molecular complexity index is 390. The van der Waals surface area contributed by atoms with E-state index < -0.39 is 5.60 Å². The van der Waals surface area contributed by atoms with Crippen molar-refractivity contribution in [3.05, 3.63) is 16.3 Å². The number of thiol groups is 1. The van der Waals surface area contributed by atoms with Gasteiger partial charge in [0.1, 0.15) is 0 Å². The van der Waals surface area contributed by atoms with Crippen LogP contribution < -0.4 is 0 Å². The molecule has 16 heavy (non-hydrogen) atoms. The summed E-state index contributed by atoms with van der Waals surface area (Å²) in [5, 5.41) is 11.7. The molecule has 5 heteroatoms. The van der Waals surface area contributed by atoms with E-state index in [2.05, 4.69) is 12.6 Å². The molecule has 1 fully saturated rings. The molecule has 2 heterocycles. The van der Waals surface area contributed by atoms with Crippen LogP contribution in [0.4, 0.5) is 0 Å². The monoisotopic (exact) mass is 257 g/mol. The van der Waals surface area contributed by atoms with Gasteiger partial charge in [-0.25, -0.2) is 0 Å². The number of hydrogen-bond donors (Lipinski definition) is 2. The van der Waals surface area contributed by atoms with Crippen LogP contribution in [0.1, 0.15) is 29.4 Å². The van der Waals surface area contributed by atoms with Crippen LogP contribution >= 0.6 is 24.0 Å². The van der Waals surface area contributed by atoms with Crippen LogP contribution in [0, 0.1) is 0 Å². The Morgan fingerprint density at radius 3 is 2.69 bits per heavy atom. The van der Waals surface area contributed by atoms with Crippen LogP contribution in [0.3, 0.4) is 0 Å². The van der Waals surface area contributed by atoms with Gasteiger partial charge in [0, 0.05) is 23.4 Å². The van der Waals surface area contributed by atoms with Gasteiger partial charge < -0.3 is 10.0 Å². The van der Waals surface area contributed by atoms with E-state index in [1.54, 1.807) is 11.0 Å². The zero-order valence-corrected chi connectivity index (χ0v) is 10.9. The molecule has 0 aromatic carbocycles. The van der Waals surface area contributed by atoms with Gasteiger partial charge in [-0.3, -0.25) is 4.79 Å². The predicted molar refractivity (Wildman–Crippen MR) is 67.3 cm³/mol. The topological polar surface area (TPSA) is 40.5 Å². The number of rotatable bonds is 1. The summed E-state index contributed by atoms with van der Waals surface area (Å²) in [5.74, 6) is 0.0563. The highest BCUT2D eigenvalue weighted by atomic mass is 32.1. The standard InChI is InChI=1S/C11H15NO2S2/c1-11(14)2-4-12(5-3-11)10(13)9-6-8(15)7-16-9/h6-7,14-15H,2-5H2,1H3. The van der Waals surface area contributed by atoms with Crippen LogP contribution in [0.25, 0.3) is 0 Å². The molecule has 0 spiro atoms. The van der Waals surface area contributed by atoms with Gasteiger partial charge in [0.05, 0.1) is 10.5 Å². The van der Waals surface area contributed by atoms with Crippen LogP contribution in [-0.2, 0) is 0 Å². The van der Waals surface area contributed by atoms with E-state index in [1.807, 2.05) is 12.3 Å². The minimum atomic E-state index is -0.610. The van der Waals surface area contributed by atoms with Gasteiger partial charge in [-0.15, -0.1) is 24.0 Å². The maximum atomic E-state index is 12.0. The summed E-state index contributed by atoms with van der Waals surface area (Å²) in [5.41, 5.74) is -0.610. The fraction of sp³-hybridized carbons (Fsp3) is 0.545. The van der Waals surface area contributed by atoms with Crippen LogP contribution in [0.2, 0.25) is 0 Å².